The number of rotatable bonds is 8. The van der Waals surface area contributed by atoms with Crippen molar-refractivity contribution in [1.82, 2.24) is 4.23 Å². The molecular formula is C13H38NO2PSi4. The van der Waals surface area contributed by atoms with Crippen molar-refractivity contribution in [3.05, 3.63) is 0 Å². The van der Waals surface area contributed by atoms with Gasteiger partial charge in [-0.2, -0.15) is 0 Å². The molecule has 0 aliphatic carbocycles. The summed E-state index contributed by atoms with van der Waals surface area (Å²) in [6.07, 6.45) is 1.01. The first-order valence-corrected chi connectivity index (χ1v) is 22.9. The van der Waals surface area contributed by atoms with Gasteiger partial charge in [-0.05, 0) is 39.3 Å². The van der Waals surface area contributed by atoms with Crippen LogP contribution in [0.1, 0.15) is 0 Å². The molecule has 0 aliphatic rings. The SMILES string of the molecule is C[Si](C)(C)OP(CN([Si](C)(C)C)[Si](C)(C)C)O[Si](C)(C)C. The predicted octanol–water partition coefficient (Wildman–Crippen LogP) is 5.93. The molecule has 0 rings (SSSR count). The van der Waals surface area contributed by atoms with Crippen molar-refractivity contribution < 1.29 is 8.43 Å². The Morgan fingerprint density at radius 2 is 0.905 bits per heavy atom. The minimum atomic E-state index is -1.57. The Morgan fingerprint density at radius 1 is 0.619 bits per heavy atom. The fourth-order valence-corrected chi connectivity index (χ4v) is 20.4. The molecule has 3 nitrogen and oxygen atoms in total. The highest BCUT2D eigenvalue weighted by Gasteiger charge is 2.38. The van der Waals surface area contributed by atoms with Gasteiger partial charge in [0.1, 0.15) is 16.5 Å². The van der Waals surface area contributed by atoms with Crippen LogP contribution >= 0.6 is 8.38 Å². The maximum Gasteiger partial charge on any atom is 0.191 e. The van der Waals surface area contributed by atoms with E-state index in [1.807, 2.05) is 0 Å². The molecule has 0 heterocycles. The first kappa shape index (κ1) is 22.2. The number of hydrogen-bond donors (Lipinski definition) is 0. The molecule has 0 radical (unpaired) electrons. The summed E-state index contributed by atoms with van der Waals surface area (Å²) >= 11 is 0. The second kappa shape index (κ2) is 7.38. The molecule has 0 aliphatic heterocycles. The maximum absolute atomic E-state index is 6.45. The van der Waals surface area contributed by atoms with E-state index in [1.165, 1.54) is 0 Å². The molecule has 0 unspecified atom stereocenters. The molecule has 0 N–H and O–H groups in total. The normalized spacial score (nSPS) is 15.1. The lowest BCUT2D eigenvalue weighted by molar-refractivity contribution is 0.472. The molecule has 0 spiro atoms. The van der Waals surface area contributed by atoms with Gasteiger partial charge in [0, 0.05) is 0 Å². The standard InChI is InChI=1S/C13H38NO2PSi4/c1-18(2,3)14(19(4,5)6)13-17(15-20(7,8)9)16-21(10,11)12/h13H2,1-12H3. The van der Waals surface area contributed by atoms with Gasteiger partial charge in [0.15, 0.2) is 25.0 Å². The third-order valence-corrected chi connectivity index (χ3v) is 17.3. The summed E-state index contributed by atoms with van der Waals surface area (Å²) in [5.41, 5.74) is 0. The van der Waals surface area contributed by atoms with Gasteiger partial charge in [-0.15, -0.1) is 0 Å². The highest BCUT2D eigenvalue weighted by atomic mass is 31.2. The Hall–Kier alpha value is 1.18. The van der Waals surface area contributed by atoms with E-state index in [0.29, 0.717) is 0 Å². The third kappa shape index (κ3) is 10.5. The quantitative estimate of drug-likeness (QED) is 0.383. The smallest absolute Gasteiger partial charge is 0.191 e. The Kier molecular flexibility index (Phi) is 7.80. The molecule has 0 amide bonds. The van der Waals surface area contributed by atoms with Crippen LogP contribution in [-0.4, -0.2) is 43.6 Å². The molecule has 0 bridgehead atoms. The average Bonchev–Trinajstić information content (AvgIpc) is 2.04. The highest BCUT2D eigenvalue weighted by Crippen LogP contribution is 2.46. The average molecular weight is 384 g/mol. The van der Waals surface area contributed by atoms with Crippen LogP contribution in [0.4, 0.5) is 0 Å². The van der Waals surface area contributed by atoms with Crippen molar-refractivity contribution in [2.45, 2.75) is 78.6 Å². The summed E-state index contributed by atoms with van der Waals surface area (Å²) in [4.78, 5) is 0. The fourth-order valence-electron chi connectivity index (χ4n) is 2.23. The topological polar surface area (TPSA) is 21.7 Å². The summed E-state index contributed by atoms with van der Waals surface area (Å²) in [6, 6.07) is 0. The van der Waals surface area contributed by atoms with Gasteiger partial charge in [0.05, 0.1) is 6.29 Å². The number of nitrogens with zero attached hydrogens (tertiary/aromatic N) is 1. The summed E-state index contributed by atoms with van der Waals surface area (Å²) in [5, 5.41) is 0. The summed E-state index contributed by atoms with van der Waals surface area (Å²) in [6.45, 7) is 28.3. The second-order valence-electron chi connectivity index (χ2n) is 9.65. The van der Waals surface area contributed by atoms with Gasteiger partial charge in [-0.1, -0.05) is 39.3 Å². The van der Waals surface area contributed by atoms with E-state index in [-0.39, 0.29) is 0 Å². The van der Waals surface area contributed by atoms with Crippen molar-refractivity contribution in [3.8, 4) is 0 Å². The van der Waals surface area contributed by atoms with Gasteiger partial charge < -0.3 is 12.7 Å². The third-order valence-electron chi connectivity index (χ3n) is 2.63. The lowest BCUT2D eigenvalue weighted by Gasteiger charge is -2.46. The second-order valence-corrected chi connectivity index (χ2v) is 30.7. The Balaban J connectivity index is 5.24. The molecule has 0 aromatic carbocycles. The van der Waals surface area contributed by atoms with Crippen molar-refractivity contribution >= 4 is 41.5 Å². The Bertz CT molecular complexity index is 299. The van der Waals surface area contributed by atoms with E-state index in [2.05, 4.69) is 82.8 Å². The maximum atomic E-state index is 6.45. The highest BCUT2D eigenvalue weighted by molar-refractivity contribution is 7.51. The molecule has 0 saturated heterocycles. The van der Waals surface area contributed by atoms with Crippen LogP contribution in [0, 0.1) is 0 Å². The molecule has 128 valence electrons. The molecule has 21 heavy (non-hydrogen) atoms. The Labute approximate surface area is 139 Å². The zero-order chi connectivity index (χ0) is 17.3. The molecular weight excluding hydrogens is 345 g/mol. The van der Waals surface area contributed by atoms with Gasteiger partial charge in [0.25, 0.3) is 0 Å². The van der Waals surface area contributed by atoms with Gasteiger partial charge in [0.2, 0.25) is 0 Å². The van der Waals surface area contributed by atoms with Crippen molar-refractivity contribution in [1.29, 1.82) is 0 Å². The van der Waals surface area contributed by atoms with Gasteiger partial charge in [-0.25, -0.2) is 0 Å². The first-order chi connectivity index (χ1) is 8.92. The molecule has 0 fully saturated rings. The molecule has 0 saturated carbocycles. The van der Waals surface area contributed by atoms with Gasteiger partial charge in [-0.3, -0.25) is 0 Å². The van der Waals surface area contributed by atoms with Crippen molar-refractivity contribution in [2.75, 3.05) is 6.29 Å². The zero-order valence-electron chi connectivity index (χ0n) is 16.4. The van der Waals surface area contributed by atoms with E-state index in [9.17, 15) is 0 Å². The van der Waals surface area contributed by atoms with Crippen molar-refractivity contribution in [2.24, 2.45) is 0 Å². The molecule has 8 heteroatoms. The minimum Gasteiger partial charge on any atom is -0.375 e. The zero-order valence-corrected chi connectivity index (χ0v) is 21.3. The van der Waals surface area contributed by atoms with Crippen molar-refractivity contribution in [3.63, 3.8) is 0 Å². The van der Waals surface area contributed by atoms with Crippen LogP contribution in [0.3, 0.4) is 0 Å². The van der Waals surface area contributed by atoms with E-state index < -0.39 is 41.5 Å². The lowest BCUT2D eigenvalue weighted by Crippen LogP contribution is -2.59. The van der Waals surface area contributed by atoms with Crippen LogP contribution in [-0.2, 0) is 8.43 Å². The van der Waals surface area contributed by atoms with Crippen LogP contribution in [0.15, 0.2) is 0 Å². The lowest BCUT2D eigenvalue weighted by atomic mass is 11.5. The number of hydrogen-bond acceptors (Lipinski definition) is 3. The van der Waals surface area contributed by atoms with Crippen LogP contribution in [0.25, 0.3) is 0 Å². The van der Waals surface area contributed by atoms with Crippen LogP contribution in [0.5, 0.6) is 0 Å². The Morgan fingerprint density at radius 3 is 1.10 bits per heavy atom. The van der Waals surface area contributed by atoms with Crippen LogP contribution in [0.2, 0.25) is 78.6 Å². The minimum absolute atomic E-state index is 0.786. The summed E-state index contributed by atoms with van der Waals surface area (Å²) in [5.74, 6) is 0. The summed E-state index contributed by atoms with van der Waals surface area (Å²) < 4.78 is 15.7. The largest absolute Gasteiger partial charge is 0.375 e. The van der Waals surface area contributed by atoms with E-state index >= 15 is 0 Å². The molecule has 0 aromatic heterocycles. The van der Waals surface area contributed by atoms with Gasteiger partial charge >= 0.3 is 0 Å². The van der Waals surface area contributed by atoms with E-state index in [4.69, 9.17) is 8.43 Å². The van der Waals surface area contributed by atoms with E-state index in [1.54, 1.807) is 0 Å². The first-order valence-electron chi connectivity index (χ1n) is 7.85. The monoisotopic (exact) mass is 383 g/mol. The molecule has 0 aromatic rings. The summed E-state index contributed by atoms with van der Waals surface area (Å²) in [7, 11) is -6.64. The fraction of sp³-hybridized carbons (Fsp3) is 1.00. The molecule has 0 atom stereocenters. The predicted molar refractivity (Wildman–Crippen MR) is 109 cm³/mol. The van der Waals surface area contributed by atoms with E-state index in [0.717, 1.165) is 6.29 Å². The van der Waals surface area contributed by atoms with Crippen LogP contribution < -0.4 is 0 Å².